The zero-order chi connectivity index (χ0) is 51.7. The van der Waals surface area contributed by atoms with Gasteiger partial charge in [0.1, 0.15) is 18.0 Å². The van der Waals surface area contributed by atoms with Crippen molar-refractivity contribution in [2.24, 2.45) is 71.6 Å². The second-order valence-corrected chi connectivity index (χ2v) is 13.5. The highest BCUT2D eigenvalue weighted by atomic mass is 16.6. The molecule has 6 amide bonds. The van der Waals surface area contributed by atoms with E-state index in [2.05, 4.69) is 35.6 Å². The van der Waals surface area contributed by atoms with Gasteiger partial charge < -0.3 is 92.9 Å². The van der Waals surface area contributed by atoms with Crippen molar-refractivity contribution in [1.82, 2.24) is 31.6 Å². The number of hydrogen-bond acceptors (Lipinski definition) is 18. The molecule has 0 bridgehead atoms. The highest BCUT2D eigenvalue weighted by Crippen LogP contribution is 2.32. The van der Waals surface area contributed by atoms with E-state index in [1.165, 1.54) is 61.7 Å². The summed E-state index contributed by atoms with van der Waals surface area (Å²) in [4.78, 5) is 121. The minimum Gasteiger partial charge on any atom is -0.497 e. The molecule has 368 valence electrons. The molecule has 0 spiro atoms. The number of nitrogens with two attached hydrogens (primary N) is 9. The first-order chi connectivity index (χ1) is 32.4. The van der Waals surface area contributed by atoms with Gasteiger partial charge in [0.2, 0.25) is 42.6 Å². The van der Waals surface area contributed by atoms with Gasteiger partial charge in [0.05, 0.1) is 23.0 Å². The van der Waals surface area contributed by atoms with Crippen LogP contribution < -0.4 is 87.8 Å². The number of nitrogens with one attached hydrogen (secondary N) is 5. The van der Waals surface area contributed by atoms with Gasteiger partial charge >= 0.3 is 5.69 Å². The fourth-order valence-electron chi connectivity index (χ4n) is 5.49. The molecule has 3 aromatic rings. The van der Waals surface area contributed by atoms with Gasteiger partial charge in [0.25, 0.3) is 35.2 Å². The monoisotopic (exact) mass is 966 g/mol. The summed E-state index contributed by atoms with van der Waals surface area (Å²) in [6.07, 6.45) is -10.3. The number of pyridine rings is 1. The number of carbonyl (C=O) groups is 6. The average molecular weight is 967 g/mol. The number of nitro groups is 2. The van der Waals surface area contributed by atoms with E-state index in [1.807, 2.05) is 16.0 Å². The van der Waals surface area contributed by atoms with Crippen molar-refractivity contribution >= 4 is 76.5 Å². The van der Waals surface area contributed by atoms with Gasteiger partial charge in [-0.05, 0) is 23.3 Å². The zero-order valence-electron chi connectivity index (χ0n) is 35.7. The number of amides is 6. The zero-order valence-corrected chi connectivity index (χ0v) is 35.7. The van der Waals surface area contributed by atoms with Crippen molar-refractivity contribution in [1.29, 1.82) is 0 Å². The van der Waals surface area contributed by atoms with E-state index in [1.54, 1.807) is 0 Å². The van der Waals surface area contributed by atoms with E-state index in [9.17, 15) is 54.1 Å². The molecule has 1 heterocycles. The Morgan fingerprint density at radius 1 is 0.652 bits per heavy atom. The van der Waals surface area contributed by atoms with E-state index in [0.717, 1.165) is 0 Å². The summed E-state index contributed by atoms with van der Waals surface area (Å²) >= 11 is 0. The lowest BCUT2D eigenvalue weighted by molar-refractivity contribution is -0.394. The minimum atomic E-state index is -2.45. The number of aliphatic imine (C=N–C) groups is 4. The Hall–Kier alpha value is -10.2. The number of hydrogen-bond donors (Lipinski definition) is 15. The fourth-order valence-corrected chi connectivity index (χ4v) is 5.49. The topological polar surface area (TPSA) is 578 Å². The molecule has 6 atom stereocenters. The molecule has 0 aliphatic carbocycles. The summed E-state index contributed by atoms with van der Waals surface area (Å²) < 4.78 is 5.15. The number of nitrogens with zero attached hydrogens (tertiary/aromatic N) is 8. The van der Waals surface area contributed by atoms with Gasteiger partial charge in [-0.1, -0.05) is 42.5 Å². The summed E-state index contributed by atoms with van der Waals surface area (Å²) in [5.74, 6) is -11.7. The maximum absolute atomic E-state index is 14.1. The van der Waals surface area contributed by atoms with Gasteiger partial charge in [-0.3, -0.25) is 49.0 Å². The maximum Gasteiger partial charge on any atom is 0.318 e. The van der Waals surface area contributed by atoms with Crippen LogP contribution in [0.1, 0.15) is 17.2 Å². The molecule has 0 saturated carbocycles. The van der Waals surface area contributed by atoms with Crippen LogP contribution in [0.4, 0.5) is 17.2 Å². The minimum absolute atomic E-state index is 0.0132. The molecule has 34 nitrogen and oxygen atoms in total. The second kappa shape index (κ2) is 24.2. The van der Waals surface area contributed by atoms with Crippen LogP contribution in [-0.2, 0) is 35.3 Å². The van der Waals surface area contributed by atoms with E-state index in [4.69, 9.17) is 56.3 Å². The number of anilines is 1. The third kappa shape index (κ3) is 15.8. The number of methoxy groups -OCH3 is 1. The highest BCUT2D eigenvalue weighted by Gasteiger charge is 2.37. The fraction of sp³-hybridized carbons (Fsp3) is 0.229. The Morgan fingerprint density at radius 3 is 1.52 bits per heavy atom. The molecular weight excluding hydrogens is 921 g/mol. The maximum atomic E-state index is 14.1. The Bertz CT molecular complexity index is 2530. The smallest absolute Gasteiger partial charge is 0.318 e. The second-order valence-electron chi connectivity index (χ2n) is 13.5. The summed E-state index contributed by atoms with van der Waals surface area (Å²) in [6.45, 7) is -0.507. The SMILES string of the molecule is COc1ccc(CN(c2ncc([N+](=O)[O-])cc2[N+](=O)[O-])C(O)C(=O)NC(C(=O)NC(N=C(N)N)C(=O)NC(N=C(N)N)C(=O)NC(N=C(N)N)C(=O)NC(N=C(N)N)C(N)=O)c2ccccc2)cc1. The first-order valence-electron chi connectivity index (χ1n) is 19.0. The van der Waals surface area contributed by atoms with Crippen molar-refractivity contribution in [3.05, 3.63) is 98.2 Å². The van der Waals surface area contributed by atoms with Gasteiger partial charge in [-0.2, -0.15) is 0 Å². The highest BCUT2D eigenvalue weighted by molar-refractivity contribution is 5.99. The molecule has 6 unspecified atom stereocenters. The third-order valence-electron chi connectivity index (χ3n) is 8.48. The first-order valence-corrected chi connectivity index (χ1v) is 19.0. The Balaban J connectivity index is 2.01. The molecule has 34 heteroatoms. The van der Waals surface area contributed by atoms with Crippen molar-refractivity contribution in [3.8, 4) is 5.75 Å². The lowest BCUT2D eigenvalue weighted by atomic mass is 10.1. The van der Waals surface area contributed by atoms with Crippen molar-refractivity contribution in [2.75, 3.05) is 12.0 Å². The number of carbonyl (C=O) groups excluding carboxylic acids is 6. The molecule has 0 radical (unpaired) electrons. The number of aliphatic hydroxyl groups excluding tert-OH is 1. The summed E-state index contributed by atoms with van der Waals surface area (Å²) in [6, 6.07) is 11.7. The Morgan fingerprint density at radius 2 is 1.10 bits per heavy atom. The quantitative estimate of drug-likeness (QED) is 0.0138. The average Bonchev–Trinajstić information content (AvgIpc) is 3.28. The summed E-state index contributed by atoms with van der Waals surface area (Å²) in [5.41, 5.74) is 47.1. The number of guanidine groups is 4. The van der Waals surface area contributed by atoms with Crippen molar-refractivity contribution in [2.45, 2.75) is 43.5 Å². The van der Waals surface area contributed by atoms with Crippen LogP contribution in [0.25, 0.3) is 0 Å². The lowest BCUT2D eigenvalue weighted by Gasteiger charge is -2.29. The van der Waals surface area contributed by atoms with Crippen LogP contribution in [0.2, 0.25) is 0 Å². The van der Waals surface area contributed by atoms with Gasteiger partial charge in [-0.25, -0.2) is 25.0 Å². The molecule has 69 heavy (non-hydrogen) atoms. The van der Waals surface area contributed by atoms with Crippen LogP contribution in [0, 0.1) is 20.2 Å². The van der Waals surface area contributed by atoms with Crippen LogP contribution in [0.5, 0.6) is 5.75 Å². The molecule has 24 N–H and O–H groups in total. The van der Waals surface area contributed by atoms with E-state index in [-0.39, 0.29) is 5.56 Å². The Kier molecular flexibility index (Phi) is 18.7. The summed E-state index contributed by atoms with van der Waals surface area (Å²) in [5, 5.41) is 45.6. The third-order valence-corrected chi connectivity index (χ3v) is 8.48. The summed E-state index contributed by atoms with van der Waals surface area (Å²) in [7, 11) is 1.38. The molecule has 0 aliphatic heterocycles. The number of aliphatic hydroxyl groups is 1. The first kappa shape index (κ1) is 53.2. The largest absolute Gasteiger partial charge is 0.497 e. The standard InChI is InChI=1S/C35H46N22O12/c1-69-17-9-7-14(8-10-17)13-55(25-18(57(67)68)11-16(12-45-25)56(65)66)31(64)30(63)46-19(15-5-3-2-4-6-15)26(59)48-22(52-33(39)40)28(61)50-24(54-35(43)44)29(62)49-23(53-34(41)42)27(60)47-21(20(36)58)51-32(37)38/h2-12,19,21-24,31,64H,13H2,1H3,(H2,36,58)(H,46,63)(H,47,60)(H,48,59)(H,49,62)(H,50,61)(H4,37,38,51)(H4,39,40,52)(H4,41,42,53)(H4,43,44,54). The number of aromatic nitrogens is 1. The van der Waals surface area contributed by atoms with E-state index in [0.29, 0.717) is 28.5 Å². The Labute approximate surface area is 387 Å². The molecule has 3 rings (SSSR count). The number of ether oxygens (including phenoxy) is 1. The van der Waals surface area contributed by atoms with Gasteiger partial charge in [0.15, 0.2) is 23.8 Å². The van der Waals surface area contributed by atoms with E-state index < -0.39 is 130 Å². The molecule has 0 saturated heterocycles. The van der Waals surface area contributed by atoms with E-state index >= 15 is 0 Å². The number of benzene rings is 2. The van der Waals surface area contributed by atoms with Gasteiger partial charge in [-0.15, -0.1) is 0 Å². The predicted octanol–water partition coefficient (Wildman–Crippen LogP) is -7.56. The van der Waals surface area contributed by atoms with Crippen LogP contribution in [0.15, 0.2) is 86.8 Å². The molecule has 0 fully saturated rings. The van der Waals surface area contributed by atoms with Crippen LogP contribution in [0.3, 0.4) is 0 Å². The molecule has 1 aromatic heterocycles. The van der Waals surface area contributed by atoms with Crippen molar-refractivity contribution in [3.63, 3.8) is 0 Å². The van der Waals surface area contributed by atoms with Crippen molar-refractivity contribution < 1.29 is 48.5 Å². The molecule has 0 aliphatic rings. The number of primary amides is 1. The predicted molar refractivity (Wildman–Crippen MR) is 240 cm³/mol. The van der Waals surface area contributed by atoms with Gasteiger partial charge in [0, 0.05) is 6.54 Å². The normalized spacial score (nSPS) is 13.0. The molecular formula is C35H46N22O12. The number of rotatable bonds is 23. The molecule has 2 aromatic carbocycles. The lowest BCUT2D eigenvalue weighted by Crippen LogP contribution is -2.58. The van der Waals surface area contributed by atoms with Crippen LogP contribution >= 0.6 is 0 Å². The van der Waals surface area contributed by atoms with Crippen LogP contribution in [-0.4, -0.2) is 117 Å².